The van der Waals surface area contributed by atoms with Gasteiger partial charge in [0.25, 0.3) is 0 Å². The van der Waals surface area contributed by atoms with Gasteiger partial charge < -0.3 is 14.3 Å². The Bertz CT molecular complexity index is 1320. The molecule has 0 saturated heterocycles. The van der Waals surface area contributed by atoms with E-state index in [4.69, 9.17) is 14.1 Å². The van der Waals surface area contributed by atoms with E-state index in [9.17, 15) is 9.90 Å². The minimum absolute atomic E-state index is 0.0843. The van der Waals surface area contributed by atoms with Gasteiger partial charge in [0.2, 0.25) is 5.89 Å². The zero-order valence-electron chi connectivity index (χ0n) is 20.5. The van der Waals surface area contributed by atoms with Gasteiger partial charge >= 0.3 is 5.97 Å². The highest BCUT2D eigenvalue weighted by Gasteiger charge is 2.33. The number of ether oxygens (including phenoxy) is 1. The molecule has 2 aliphatic rings. The quantitative estimate of drug-likeness (QED) is 0.356. The number of hydrogen-bond donors (Lipinski definition) is 1. The average Bonchev–Trinajstić information content (AvgIpc) is 3.40. The van der Waals surface area contributed by atoms with E-state index in [1.54, 1.807) is 0 Å². The zero-order valence-corrected chi connectivity index (χ0v) is 20.5. The van der Waals surface area contributed by atoms with E-state index in [-0.39, 0.29) is 11.8 Å². The Hall–Kier alpha value is -3.86. The lowest BCUT2D eigenvalue weighted by Crippen LogP contribution is -2.19. The van der Waals surface area contributed by atoms with Gasteiger partial charge in [-0.25, -0.2) is 4.98 Å². The summed E-state index contributed by atoms with van der Waals surface area (Å²) in [6.07, 6.45) is 14.3. The molecule has 2 aliphatic carbocycles. The van der Waals surface area contributed by atoms with Crippen LogP contribution in [0.4, 0.5) is 0 Å². The number of carboxylic acids is 1. The fourth-order valence-corrected chi connectivity index (χ4v) is 5.23. The van der Waals surface area contributed by atoms with Crippen molar-refractivity contribution in [3.63, 3.8) is 0 Å². The Morgan fingerprint density at radius 1 is 1.19 bits per heavy atom. The van der Waals surface area contributed by atoms with Gasteiger partial charge in [0, 0.05) is 17.6 Å². The molecule has 5 nitrogen and oxygen atoms in total. The van der Waals surface area contributed by atoms with Crippen LogP contribution >= 0.6 is 0 Å². The molecule has 3 aromatic rings. The summed E-state index contributed by atoms with van der Waals surface area (Å²) in [7, 11) is 0. The van der Waals surface area contributed by atoms with Crippen LogP contribution in [-0.2, 0) is 17.6 Å². The van der Waals surface area contributed by atoms with E-state index in [0.717, 1.165) is 53.2 Å². The van der Waals surface area contributed by atoms with Crippen molar-refractivity contribution in [2.24, 2.45) is 5.92 Å². The number of carbonyl (C=O) groups is 1. The fourth-order valence-electron chi connectivity index (χ4n) is 5.23. The van der Waals surface area contributed by atoms with Crippen LogP contribution in [0, 0.1) is 5.92 Å². The van der Waals surface area contributed by atoms with Crippen molar-refractivity contribution in [1.82, 2.24) is 4.98 Å². The first-order chi connectivity index (χ1) is 17.6. The third-order valence-corrected chi connectivity index (χ3v) is 7.07. The molecule has 5 rings (SSSR count). The van der Waals surface area contributed by atoms with Crippen molar-refractivity contribution in [2.75, 3.05) is 6.61 Å². The lowest BCUT2D eigenvalue weighted by atomic mass is 9.85. The van der Waals surface area contributed by atoms with Gasteiger partial charge in [-0.1, -0.05) is 61.6 Å². The van der Waals surface area contributed by atoms with Crippen LogP contribution in [0.1, 0.15) is 54.7 Å². The summed E-state index contributed by atoms with van der Waals surface area (Å²) in [6, 6.07) is 16.0. The SMILES string of the molecule is CCC(C(=O)O)C1CCc2cc(OCCc3nc(-c4ccccc4)oc3C3=CCC=CC=C3)ccc21. The molecule has 0 saturated carbocycles. The summed E-state index contributed by atoms with van der Waals surface area (Å²) in [5, 5.41) is 9.59. The minimum Gasteiger partial charge on any atom is -0.493 e. The molecular formula is C31H31NO4. The first kappa shape index (κ1) is 23.9. The number of nitrogens with zero attached hydrogens (tertiary/aromatic N) is 1. The Morgan fingerprint density at radius 2 is 2.06 bits per heavy atom. The zero-order chi connectivity index (χ0) is 24.9. The van der Waals surface area contributed by atoms with Crippen molar-refractivity contribution >= 4 is 11.5 Å². The molecule has 1 N–H and O–H groups in total. The first-order valence-corrected chi connectivity index (χ1v) is 12.7. The number of rotatable bonds is 9. The van der Waals surface area contributed by atoms with Crippen molar-refractivity contribution in [3.05, 3.63) is 101 Å². The smallest absolute Gasteiger partial charge is 0.307 e. The van der Waals surface area contributed by atoms with Crippen LogP contribution in [0.25, 0.3) is 17.0 Å². The second-order valence-corrected chi connectivity index (χ2v) is 9.30. The number of aromatic nitrogens is 1. The number of hydrogen-bond acceptors (Lipinski definition) is 4. The second kappa shape index (κ2) is 10.8. The Labute approximate surface area is 211 Å². The standard InChI is InChI=1S/C31H31NO4/c1-2-25(31(33)34)27-16-14-23-20-24(15-17-26(23)27)35-19-18-28-29(21-10-6-3-4-7-11-21)36-30(32-28)22-12-8-5-9-13-22/h3-6,8-13,15,17,20,25,27H,2,7,14,16,18-19H2,1H3,(H,33,34). The Kier molecular flexibility index (Phi) is 7.17. The van der Waals surface area contributed by atoms with Crippen LogP contribution in [0.5, 0.6) is 5.75 Å². The summed E-state index contributed by atoms with van der Waals surface area (Å²) in [5.74, 6) is 1.26. The van der Waals surface area contributed by atoms with Crippen LogP contribution < -0.4 is 4.74 Å². The molecule has 184 valence electrons. The number of benzene rings is 2. The minimum atomic E-state index is -0.705. The number of oxazole rings is 1. The summed E-state index contributed by atoms with van der Waals surface area (Å²) < 4.78 is 12.4. The normalized spacial score (nSPS) is 17.4. The third kappa shape index (κ3) is 5.06. The van der Waals surface area contributed by atoms with E-state index in [1.165, 1.54) is 5.56 Å². The molecule has 5 heteroatoms. The predicted molar refractivity (Wildman–Crippen MR) is 141 cm³/mol. The molecule has 2 atom stereocenters. The largest absolute Gasteiger partial charge is 0.493 e. The highest BCUT2D eigenvalue weighted by molar-refractivity contribution is 5.74. The van der Waals surface area contributed by atoms with Gasteiger partial charge in [0.15, 0.2) is 5.76 Å². The third-order valence-electron chi connectivity index (χ3n) is 7.07. The fraction of sp³-hybridized carbons (Fsp3) is 0.290. The maximum absolute atomic E-state index is 11.7. The molecule has 0 bridgehead atoms. The summed E-state index contributed by atoms with van der Waals surface area (Å²) in [5.41, 5.74) is 5.20. The number of fused-ring (bicyclic) bond motifs is 1. The van der Waals surface area contributed by atoms with Crippen molar-refractivity contribution in [3.8, 4) is 17.2 Å². The van der Waals surface area contributed by atoms with E-state index in [1.807, 2.05) is 55.5 Å². The van der Waals surface area contributed by atoms with Crippen molar-refractivity contribution in [2.45, 2.75) is 44.9 Å². The maximum Gasteiger partial charge on any atom is 0.307 e. The summed E-state index contributed by atoms with van der Waals surface area (Å²) in [6.45, 7) is 2.42. The highest BCUT2D eigenvalue weighted by atomic mass is 16.5. The Morgan fingerprint density at radius 3 is 2.86 bits per heavy atom. The van der Waals surface area contributed by atoms with E-state index in [0.29, 0.717) is 25.3 Å². The summed E-state index contributed by atoms with van der Waals surface area (Å²) >= 11 is 0. The topological polar surface area (TPSA) is 72.6 Å². The molecule has 0 fully saturated rings. The number of aryl methyl sites for hydroxylation is 1. The molecule has 0 amide bonds. The lowest BCUT2D eigenvalue weighted by molar-refractivity contribution is -0.142. The molecular weight excluding hydrogens is 450 g/mol. The molecule has 0 spiro atoms. The summed E-state index contributed by atoms with van der Waals surface area (Å²) in [4.78, 5) is 16.5. The van der Waals surface area contributed by atoms with Gasteiger partial charge in [0.05, 0.1) is 18.2 Å². The van der Waals surface area contributed by atoms with Crippen molar-refractivity contribution in [1.29, 1.82) is 0 Å². The van der Waals surface area contributed by atoms with Crippen LogP contribution in [0.2, 0.25) is 0 Å². The van der Waals surface area contributed by atoms with Gasteiger partial charge in [-0.15, -0.1) is 0 Å². The second-order valence-electron chi connectivity index (χ2n) is 9.30. The maximum atomic E-state index is 11.7. The number of aliphatic carboxylic acids is 1. The van der Waals surface area contributed by atoms with Crippen LogP contribution in [-0.4, -0.2) is 22.7 Å². The molecule has 2 unspecified atom stereocenters. The van der Waals surface area contributed by atoms with E-state index in [2.05, 4.69) is 30.4 Å². The molecule has 0 aliphatic heterocycles. The predicted octanol–water partition coefficient (Wildman–Crippen LogP) is 7.00. The van der Waals surface area contributed by atoms with Crippen LogP contribution in [0.3, 0.4) is 0 Å². The highest BCUT2D eigenvalue weighted by Crippen LogP contribution is 2.41. The molecule has 0 radical (unpaired) electrons. The van der Waals surface area contributed by atoms with E-state index < -0.39 is 5.97 Å². The van der Waals surface area contributed by atoms with Crippen molar-refractivity contribution < 1.29 is 19.1 Å². The van der Waals surface area contributed by atoms with Crippen LogP contribution in [0.15, 0.2) is 83.3 Å². The monoisotopic (exact) mass is 481 g/mol. The van der Waals surface area contributed by atoms with E-state index >= 15 is 0 Å². The first-order valence-electron chi connectivity index (χ1n) is 12.7. The molecule has 1 aromatic heterocycles. The lowest BCUT2D eigenvalue weighted by Gasteiger charge is -2.19. The van der Waals surface area contributed by atoms with Gasteiger partial charge in [-0.2, -0.15) is 0 Å². The van der Waals surface area contributed by atoms with Gasteiger partial charge in [0.1, 0.15) is 5.75 Å². The number of carboxylic acid groups (broad SMARTS) is 1. The molecule has 1 heterocycles. The van der Waals surface area contributed by atoms with Gasteiger partial charge in [-0.3, -0.25) is 4.79 Å². The number of allylic oxidation sites excluding steroid dienone is 6. The Balaban J connectivity index is 1.32. The average molecular weight is 482 g/mol. The molecule has 2 aromatic carbocycles. The molecule has 36 heavy (non-hydrogen) atoms. The van der Waals surface area contributed by atoms with Gasteiger partial charge in [-0.05, 0) is 67.0 Å².